The summed E-state index contributed by atoms with van der Waals surface area (Å²) in [6.45, 7) is 1.72. The molecule has 3 atom stereocenters. The first-order valence-electron chi connectivity index (χ1n) is 5.71. The summed E-state index contributed by atoms with van der Waals surface area (Å²) in [5.41, 5.74) is 1.24. The van der Waals surface area contributed by atoms with Crippen molar-refractivity contribution in [1.29, 1.82) is 0 Å². The summed E-state index contributed by atoms with van der Waals surface area (Å²) in [5.74, 6) is -0.415. The number of carbonyl (C=O) groups is 1. The fourth-order valence-electron chi connectivity index (χ4n) is 3.30. The molecule has 1 aliphatic carbocycles. The van der Waals surface area contributed by atoms with Gasteiger partial charge in [0, 0.05) is 12.0 Å². The van der Waals surface area contributed by atoms with Gasteiger partial charge in [-0.2, -0.15) is 0 Å². The Hall–Kier alpha value is -1.35. The minimum atomic E-state index is -0.623. The highest BCUT2D eigenvalue weighted by Crippen LogP contribution is 2.62. The quantitative estimate of drug-likeness (QED) is 0.798. The van der Waals surface area contributed by atoms with Crippen LogP contribution in [0.5, 0.6) is 0 Å². The van der Waals surface area contributed by atoms with Gasteiger partial charge in [-0.05, 0) is 24.4 Å². The third-order valence-corrected chi connectivity index (χ3v) is 4.11. The second kappa shape index (κ2) is 3.32. The normalized spacial score (nSPS) is 35.8. The van der Waals surface area contributed by atoms with Crippen LogP contribution in [0.2, 0.25) is 0 Å². The molecular formula is C13H15NO2. The highest BCUT2D eigenvalue weighted by Gasteiger charge is 2.69. The number of aliphatic carboxylic acids is 1. The van der Waals surface area contributed by atoms with Crippen LogP contribution >= 0.6 is 0 Å². The minimum Gasteiger partial charge on any atom is -0.481 e. The van der Waals surface area contributed by atoms with Gasteiger partial charge in [0.25, 0.3) is 0 Å². The molecule has 1 heterocycles. The number of piperidine rings is 1. The lowest BCUT2D eigenvalue weighted by molar-refractivity contribution is -0.139. The van der Waals surface area contributed by atoms with Crippen molar-refractivity contribution in [2.75, 3.05) is 13.1 Å². The van der Waals surface area contributed by atoms with Crippen LogP contribution in [0.3, 0.4) is 0 Å². The lowest BCUT2D eigenvalue weighted by Gasteiger charge is -2.13. The summed E-state index contributed by atoms with van der Waals surface area (Å²) in [6, 6.07) is 10.2. The number of fused-ring (bicyclic) bond motifs is 1. The zero-order chi connectivity index (χ0) is 11.2. The van der Waals surface area contributed by atoms with Crippen molar-refractivity contribution in [2.24, 2.45) is 17.3 Å². The number of hydrogen-bond acceptors (Lipinski definition) is 2. The largest absolute Gasteiger partial charge is 0.481 e. The Morgan fingerprint density at radius 2 is 2.19 bits per heavy atom. The molecule has 0 bridgehead atoms. The fourth-order valence-corrected chi connectivity index (χ4v) is 3.30. The summed E-state index contributed by atoms with van der Waals surface area (Å²) in [7, 11) is 0. The van der Waals surface area contributed by atoms with Crippen LogP contribution in [-0.4, -0.2) is 24.2 Å². The molecule has 1 saturated carbocycles. The molecule has 0 amide bonds. The Balaban J connectivity index is 1.82. The highest BCUT2D eigenvalue weighted by molar-refractivity contribution is 5.76. The molecule has 1 aromatic carbocycles. The monoisotopic (exact) mass is 217 g/mol. The molecule has 0 spiro atoms. The Kier molecular flexibility index (Phi) is 2.04. The maximum absolute atomic E-state index is 11.1. The van der Waals surface area contributed by atoms with Crippen molar-refractivity contribution >= 4 is 5.97 Å². The van der Waals surface area contributed by atoms with Crippen LogP contribution in [0.25, 0.3) is 0 Å². The molecular weight excluding hydrogens is 202 g/mol. The third kappa shape index (κ3) is 1.28. The van der Waals surface area contributed by atoms with Gasteiger partial charge in [0.05, 0.1) is 5.92 Å². The average molecular weight is 217 g/mol. The summed E-state index contributed by atoms with van der Waals surface area (Å²) >= 11 is 0. The van der Waals surface area contributed by atoms with Crippen molar-refractivity contribution in [3.05, 3.63) is 35.9 Å². The summed E-state index contributed by atoms with van der Waals surface area (Å²) in [4.78, 5) is 11.1. The first kappa shape index (κ1) is 9.85. The molecule has 16 heavy (non-hydrogen) atoms. The lowest BCUT2D eigenvalue weighted by atomic mass is 9.93. The molecule has 1 aromatic rings. The van der Waals surface area contributed by atoms with Crippen molar-refractivity contribution in [3.8, 4) is 0 Å². The zero-order valence-corrected chi connectivity index (χ0v) is 9.02. The van der Waals surface area contributed by atoms with E-state index in [0.717, 1.165) is 19.5 Å². The molecule has 2 fully saturated rings. The van der Waals surface area contributed by atoms with E-state index in [9.17, 15) is 9.90 Å². The molecule has 3 rings (SSSR count). The number of hydrogen-bond donors (Lipinski definition) is 2. The van der Waals surface area contributed by atoms with E-state index in [4.69, 9.17) is 0 Å². The molecule has 3 heteroatoms. The van der Waals surface area contributed by atoms with Gasteiger partial charge in [-0.15, -0.1) is 0 Å². The molecule has 1 aliphatic heterocycles. The second-order valence-electron chi connectivity index (χ2n) is 4.95. The molecule has 1 saturated heterocycles. The van der Waals surface area contributed by atoms with Crippen LogP contribution < -0.4 is 5.32 Å². The SMILES string of the molecule is O=C(O)[C@H]1[C@@H]2CNC[C@@]21Cc1ccccc1. The molecule has 2 N–H and O–H groups in total. The van der Waals surface area contributed by atoms with Gasteiger partial charge in [0.15, 0.2) is 0 Å². The maximum Gasteiger partial charge on any atom is 0.307 e. The summed E-state index contributed by atoms with van der Waals surface area (Å²) in [6.07, 6.45) is 0.891. The smallest absolute Gasteiger partial charge is 0.307 e. The van der Waals surface area contributed by atoms with Crippen molar-refractivity contribution < 1.29 is 9.90 Å². The molecule has 0 radical (unpaired) electrons. The number of carboxylic acid groups (broad SMARTS) is 1. The minimum absolute atomic E-state index is 0.00676. The predicted octanol–water partition coefficient (Wildman–Crippen LogP) is 1.15. The van der Waals surface area contributed by atoms with Gasteiger partial charge >= 0.3 is 5.97 Å². The Morgan fingerprint density at radius 1 is 1.44 bits per heavy atom. The fraction of sp³-hybridized carbons (Fsp3) is 0.462. The van der Waals surface area contributed by atoms with Crippen LogP contribution in [0.1, 0.15) is 5.56 Å². The van der Waals surface area contributed by atoms with Crippen molar-refractivity contribution in [2.45, 2.75) is 6.42 Å². The van der Waals surface area contributed by atoms with E-state index in [1.807, 2.05) is 18.2 Å². The summed E-state index contributed by atoms with van der Waals surface area (Å²) < 4.78 is 0. The number of nitrogens with one attached hydrogen (secondary N) is 1. The number of carboxylic acids is 1. The van der Waals surface area contributed by atoms with Gasteiger partial charge in [-0.1, -0.05) is 30.3 Å². The molecule has 2 aliphatic rings. The molecule has 3 nitrogen and oxygen atoms in total. The highest BCUT2D eigenvalue weighted by atomic mass is 16.4. The summed E-state index contributed by atoms with van der Waals surface area (Å²) in [5, 5.41) is 12.5. The van der Waals surface area contributed by atoms with Gasteiger partial charge in [-0.25, -0.2) is 0 Å². The van der Waals surface area contributed by atoms with E-state index in [1.165, 1.54) is 5.56 Å². The van der Waals surface area contributed by atoms with Gasteiger partial charge < -0.3 is 10.4 Å². The van der Waals surface area contributed by atoms with E-state index in [1.54, 1.807) is 0 Å². The Bertz CT molecular complexity index is 417. The van der Waals surface area contributed by atoms with E-state index >= 15 is 0 Å². The number of rotatable bonds is 3. The maximum atomic E-state index is 11.1. The van der Waals surface area contributed by atoms with Crippen LogP contribution in [0.4, 0.5) is 0 Å². The van der Waals surface area contributed by atoms with Crippen molar-refractivity contribution in [1.82, 2.24) is 5.32 Å². The van der Waals surface area contributed by atoms with Gasteiger partial charge in [0.1, 0.15) is 0 Å². The molecule has 84 valence electrons. The van der Waals surface area contributed by atoms with Crippen LogP contribution in [0, 0.1) is 17.3 Å². The van der Waals surface area contributed by atoms with Crippen molar-refractivity contribution in [3.63, 3.8) is 0 Å². The third-order valence-electron chi connectivity index (χ3n) is 4.11. The lowest BCUT2D eigenvalue weighted by Crippen LogP contribution is -2.25. The Morgan fingerprint density at radius 3 is 2.81 bits per heavy atom. The molecule has 0 unspecified atom stereocenters. The zero-order valence-electron chi connectivity index (χ0n) is 9.02. The predicted molar refractivity (Wildman–Crippen MR) is 60.1 cm³/mol. The van der Waals surface area contributed by atoms with E-state index in [-0.39, 0.29) is 11.3 Å². The first-order valence-corrected chi connectivity index (χ1v) is 5.71. The van der Waals surface area contributed by atoms with E-state index < -0.39 is 5.97 Å². The standard InChI is InChI=1S/C13H15NO2/c15-12(16)11-10-7-14-8-13(10,11)6-9-4-2-1-3-5-9/h1-5,10-11,14H,6-8H2,(H,15,16)/t10-,11+,13-/m0/s1. The van der Waals surface area contributed by atoms with Gasteiger partial charge in [-0.3, -0.25) is 4.79 Å². The topological polar surface area (TPSA) is 49.3 Å². The molecule has 0 aromatic heterocycles. The second-order valence-corrected chi connectivity index (χ2v) is 4.95. The average Bonchev–Trinajstić information content (AvgIpc) is 2.70. The first-order chi connectivity index (χ1) is 7.74. The van der Waals surface area contributed by atoms with E-state index in [2.05, 4.69) is 17.4 Å². The number of benzene rings is 1. The van der Waals surface area contributed by atoms with Gasteiger partial charge in [0.2, 0.25) is 0 Å². The van der Waals surface area contributed by atoms with E-state index in [0.29, 0.717) is 5.92 Å². The van der Waals surface area contributed by atoms with Crippen LogP contribution in [-0.2, 0) is 11.2 Å². The van der Waals surface area contributed by atoms with Crippen LogP contribution in [0.15, 0.2) is 30.3 Å². The Labute approximate surface area is 94.5 Å².